The quantitative estimate of drug-likeness (QED) is 0.851. The normalized spacial score (nSPS) is 17.2. The summed E-state index contributed by atoms with van der Waals surface area (Å²) in [5.74, 6) is 0.940. The lowest BCUT2D eigenvalue weighted by Gasteiger charge is -2.21. The fourth-order valence-electron chi connectivity index (χ4n) is 1.77. The van der Waals surface area contributed by atoms with E-state index in [0.29, 0.717) is 11.6 Å². The van der Waals surface area contributed by atoms with Crippen LogP contribution in [0.3, 0.4) is 0 Å². The van der Waals surface area contributed by atoms with Gasteiger partial charge < -0.3 is 15.4 Å². The Morgan fingerprint density at radius 1 is 1.44 bits per heavy atom. The van der Waals surface area contributed by atoms with Crippen molar-refractivity contribution in [2.75, 3.05) is 31.2 Å². The highest BCUT2D eigenvalue weighted by Gasteiger charge is 2.12. The zero-order valence-corrected chi connectivity index (χ0v) is 9.91. The molecule has 2 N–H and O–H groups in total. The minimum atomic E-state index is 0.443. The van der Waals surface area contributed by atoms with Crippen LogP contribution in [0.4, 0.5) is 5.82 Å². The second-order valence-electron chi connectivity index (χ2n) is 3.79. The molecule has 1 aromatic rings. The fourth-order valence-corrected chi connectivity index (χ4v) is 1.95. The summed E-state index contributed by atoms with van der Waals surface area (Å²) < 4.78 is 5.41. The lowest BCUT2D eigenvalue weighted by Crippen LogP contribution is -2.27. The molecule has 1 aromatic heterocycles. The van der Waals surface area contributed by atoms with Gasteiger partial charge in [-0.2, -0.15) is 0 Å². The Balaban J connectivity index is 2.18. The summed E-state index contributed by atoms with van der Waals surface area (Å²) in [6.45, 7) is 3.87. The van der Waals surface area contributed by atoms with Crippen molar-refractivity contribution in [3.8, 4) is 0 Å². The van der Waals surface area contributed by atoms with Crippen molar-refractivity contribution in [1.82, 2.24) is 4.98 Å². The van der Waals surface area contributed by atoms with Crippen LogP contribution in [0.25, 0.3) is 0 Å². The molecular weight excluding hydrogens is 226 g/mol. The van der Waals surface area contributed by atoms with Crippen LogP contribution in [0.1, 0.15) is 12.0 Å². The largest absolute Gasteiger partial charge is 0.380 e. The second kappa shape index (κ2) is 5.48. The molecule has 0 saturated carbocycles. The summed E-state index contributed by atoms with van der Waals surface area (Å²) in [5, 5.41) is 0.636. The van der Waals surface area contributed by atoms with Gasteiger partial charge in [0.1, 0.15) is 5.82 Å². The number of hydrogen-bond donors (Lipinski definition) is 1. The molecule has 0 atom stereocenters. The number of rotatable bonds is 2. The first-order chi connectivity index (χ1) is 7.81. The molecule has 0 amide bonds. The van der Waals surface area contributed by atoms with E-state index in [1.165, 1.54) is 0 Å². The summed E-state index contributed by atoms with van der Waals surface area (Å²) in [6, 6.07) is 1.97. The summed E-state index contributed by atoms with van der Waals surface area (Å²) in [4.78, 5) is 6.55. The first kappa shape index (κ1) is 11.6. The number of ether oxygens (including phenoxy) is 1. The molecule has 2 heterocycles. The molecule has 88 valence electrons. The highest BCUT2D eigenvalue weighted by atomic mass is 35.5. The molecule has 4 nitrogen and oxygen atoms in total. The predicted octanol–water partition coefficient (Wildman–Crippen LogP) is 1.42. The first-order valence-electron chi connectivity index (χ1n) is 5.48. The van der Waals surface area contributed by atoms with Gasteiger partial charge in [-0.25, -0.2) is 4.98 Å². The summed E-state index contributed by atoms with van der Waals surface area (Å²) in [6.07, 6.45) is 2.70. The third-order valence-electron chi connectivity index (χ3n) is 2.69. The van der Waals surface area contributed by atoms with Gasteiger partial charge in [-0.1, -0.05) is 11.6 Å². The lowest BCUT2D eigenvalue weighted by molar-refractivity contribution is 0.152. The number of nitrogens with zero attached hydrogens (tertiary/aromatic N) is 2. The summed E-state index contributed by atoms with van der Waals surface area (Å²) in [7, 11) is 0. The van der Waals surface area contributed by atoms with E-state index in [4.69, 9.17) is 22.1 Å². The van der Waals surface area contributed by atoms with Crippen LogP contribution in [0.5, 0.6) is 0 Å². The summed E-state index contributed by atoms with van der Waals surface area (Å²) in [5.41, 5.74) is 6.57. The number of nitrogens with two attached hydrogens (primary N) is 1. The van der Waals surface area contributed by atoms with Crippen LogP contribution >= 0.6 is 11.6 Å². The highest BCUT2D eigenvalue weighted by molar-refractivity contribution is 6.31. The van der Waals surface area contributed by atoms with Gasteiger partial charge in [-0.15, -0.1) is 0 Å². The minimum Gasteiger partial charge on any atom is -0.380 e. The first-order valence-corrected chi connectivity index (χ1v) is 5.86. The number of pyridine rings is 1. The Kier molecular flexibility index (Phi) is 3.98. The van der Waals surface area contributed by atoms with Gasteiger partial charge in [0.25, 0.3) is 0 Å². The number of hydrogen-bond acceptors (Lipinski definition) is 4. The smallest absolute Gasteiger partial charge is 0.128 e. The number of aromatic nitrogens is 1. The van der Waals surface area contributed by atoms with Gasteiger partial charge in [0, 0.05) is 32.4 Å². The van der Waals surface area contributed by atoms with Crippen LogP contribution in [0.15, 0.2) is 12.3 Å². The predicted molar refractivity (Wildman–Crippen MR) is 64.8 cm³/mol. The Morgan fingerprint density at radius 3 is 3.12 bits per heavy atom. The van der Waals surface area contributed by atoms with Crippen LogP contribution < -0.4 is 10.6 Å². The Morgan fingerprint density at radius 2 is 2.31 bits per heavy atom. The average Bonchev–Trinajstić information content (AvgIpc) is 2.58. The average molecular weight is 242 g/mol. The van der Waals surface area contributed by atoms with E-state index < -0.39 is 0 Å². The van der Waals surface area contributed by atoms with Crippen LogP contribution in [0.2, 0.25) is 5.02 Å². The zero-order valence-electron chi connectivity index (χ0n) is 9.16. The summed E-state index contributed by atoms with van der Waals surface area (Å²) >= 11 is 5.98. The van der Waals surface area contributed by atoms with Crippen LogP contribution in [-0.4, -0.2) is 31.3 Å². The van der Waals surface area contributed by atoms with E-state index in [1.54, 1.807) is 6.20 Å². The van der Waals surface area contributed by atoms with Crippen molar-refractivity contribution in [2.24, 2.45) is 5.73 Å². The monoisotopic (exact) mass is 241 g/mol. The van der Waals surface area contributed by atoms with Gasteiger partial charge >= 0.3 is 0 Å². The highest BCUT2D eigenvalue weighted by Crippen LogP contribution is 2.20. The molecule has 1 fully saturated rings. The molecule has 1 aliphatic rings. The van der Waals surface area contributed by atoms with Gasteiger partial charge in [-0.3, -0.25) is 0 Å². The molecule has 16 heavy (non-hydrogen) atoms. The molecule has 0 spiro atoms. The van der Waals surface area contributed by atoms with E-state index in [1.807, 2.05) is 6.07 Å². The zero-order chi connectivity index (χ0) is 11.4. The molecule has 0 unspecified atom stereocenters. The van der Waals surface area contributed by atoms with Crippen LogP contribution in [-0.2, 0) is 11.3 Å². The van der Waals surface area contributed by atoms with E-state index in [0.717, 1.165) is 44.1 Å². The van der Waals surface area contributed by atoms with Gasteiger partial charge in [0.05, 0.1) is 11.6 Å². The Hall–Kier alpha value is -0.840. The fraction of sp³-hybridized carbons (Fsp3) is 0.545. The molecule has 1 aliphatic heterocycles. The standard InChI is InChI=1S/C11H16ClN3O/c12-10-8-14-11(6-9(10)7-13)15-2-1-4-16-5-3-15/h6,8H,1-5,7,13H2. The van der Waals surface area contributed by atoms with Crippen molar-refractivity contribution in [3.63, 3.8) is 0 Å². The van der Waals surface area contributed by atoms with Crippen molar-refractivity contribution in [1.29, 1.82) is 0 Å². The minimum absolute atomic E-state index is 0.443. The van der Waals surface area contributed by atoms with E-state index in [-0.39, 0.29) is 0 Å². The molecule has 0 bridgehead atoms. The van der Waals surface area contributed by atoms with Gasteiger partial charge in [0.15, 0.2) is 0 Å². The van der Waals surface area contributed by atoms with Crippen molar-refractivity contribution < 1.29 is 4.74 Å². The van der Waals surface area contributed by atoms with Crippen molar-refractivity contribution in [3.05, 3.63) is 22.8 Å². The van der Waals surface area contributed by atoms with Gasteiger partial charge in [0.2, 0.25) is 0 Å². The van der Waals surface area contributed by atoms with Crippen molar-refractivity contribution >= 4 is 17.4 Å². The van der Waals surface area contributed by atoms with E-state index >= 15 is 0 Å². The third-order valence-corrected chi connectivity index (χ3v) is 3.03. The second-order valence-corrected chi connectivity index (χ2v) is 4.20. The van der Waals surface area contributed by atoms with E-state index in [9.17, 15) is 0 Å². The SMILES string of the molecule is NCc1cc(N2CCCOCC2)ncc1Cl. The molecule has 0 aromatic carbocycles. The molecule has 1 saturated heterocycles. The molecule has 0 radical (unpaired) electrons. The molecule has 0 aliphatic carbocycles. The van der Waals surface area contributed by atoms with Gasteiger partial charge in [-0.05, 0) is 18.1 Å². The molecule has 5 heteroatoms. The Bertz CT molecular complexity index is 351. The maximum absolute atomic E-state index is 5.98. The maximum atomic E-state index is 5.98. The third kappa shape index (κ3) is 2.64. The maximum Gasteiger partial charge on any atom is 0.128 e. The number of halogens is 1. The molecule has 2 rings (SSSR count). The van der Waals surface area contributed by atoms with Crippen molar-refractivity contribution in [2.45, 2.75) is 13.0 Å². The van der Waals surface area contributed by atoms with Crippen LogP contribution in [0, 0.1) is 0 Å². The Labute approximate surface area is 100 Å². The molecular formula is C11H16ClN3O. The number of anilines is 1. The lowest BCUT2D eigenvalue weighted by atomic mass is 10.2. The van der Waals surface area contributed by atoms with E-state index in [2.05, 4.69) is 9.88 Å². The topological polar surface area (TPSA) is 51.4 Å².